The number of aromatic nitrogens is 3. The summed E-state index contributed by atoms with van der Waals surface area (Å²) in [6.07, 6.45) is 3.12. The Kier molecular flexibility index (Phi) is 3.50. The van der Waals surface area contributed by atoms with Crippen LogP contribution in [0.25, 0.3) is 0 Å². The molecule has 6 heteroatoms. The van der Waals surface area contributed by atoms with Gasteiger partial charge < -0.3 is 15.3 Å². The number of rotatable bonds is 3. The summed E-state index contributed by atoms with van der Waals surface area (Å²) in [7, 11) is 0. The Bertz CT molecular complexity index is 670. The topological polar surface area (TPSA) is 90.6 Å². The van der Waals surface area contributed by atoms with Crippen LogP contribution in [0.3, 0.4) is 0 Å². The van der Waals surface area contributed by atoms with E-state index >= 15 is 0 Å². The molecule has 0 spiro atoms. The van der Waals surface area contributed by atoms with Crippen LogP contribution in [0, 0.1) is 20.8 Å². The summed E-state index contributed by atoms with van der Waals surface area (Å²) in [5.41, 5.74) is 3.07. The van der Waals surface area contributed by atoms with Crippen molar-refractivity contribution in [3.63, 3.8) is 0 Å². The van der Waals surface area contributed by atoms with E-state index in [1.807, 2.05) is 0 Å². The SMILES string of the molecule is Cc1[nH]cnc1C(=O)NCc1[nH]cc(C)c(=O)c1C. The average molecular weight is 260 g/mol. The molecule has 0 aliphatic heterocycles. The van der Waals surface area contributed by atoms with Crippen LogP contribution in [0.5, 0.6) is 0 Å². The summed E-state index contributed by atoms with van der Waals surface area (Å²) in [5.74, 6) is -0.264. The summed E-state index contributed by atoms with van der Waals surface area (Å²) >= 11 is 0. The molecule has 0 bridgehead atoms. The van der Waals surface area contributed by atoms with Gasteiger partial charge in [0.1, 0.15) is 5.69 Å². The molecule has 0 fully saturated rings. The second-order valence-corrected chi connectivity index (χ2v) is 4.46. The summed E-state index contributed by atoms with van der Waals surface area (Å²) in [6.45, 7) is 5.54. The Morgan fingerprint density at radius 1 is 1.32 bits per heavy atom. The van der Waals surface area contributed by atoms with Gasteiger partial charge >= 0.3 is 0 Å². The summed E-state index contributed by atoms with van der Waals surface area (Å²) in [6, 6.07) is 0. The van der Waals surface area contributed by atoms with E-state index in [1.165, 1.54) is 6.33 Å². The van der Waals surface area contributed by atoms with E-state index in [4.69, 9.17) is 0 Å². The molecule has 6 nitrogen and oxygen atoms in total. The van der Waals surface area contributed by atoms with Gasteiger partial charge in [-0.15, -0.1) is 0 Å². The van der Waals surface area contributed by atoms with E-state index in [0.717, 1.165) is 0 Å². The highest BCUT2D eigenvalue weighted by Crippen LogP contribution is 2.03. The second-order valence-electron chi connectivity index (χ2n) is 4.46. The molecule has 2 aromatic rings. The van der Waals surface area contributed by atoms with E-state index in [0.29, 0.717) is 28.2 Å². The Hall–Kier alpha value is -2.37. The predicted octanol–water partition coefficient (Wildman–Crippen LogP) is 0.953. The van der Waals surface area contributed by atoms with Crippen LogP contribution in [0.4, 0.5) is 0 Å². The lowest BCUT2D eigenvalue weighted by Gasteiger charge is -2.08. The maximum absolute atomic E-state index is 11.9. The summed E-state index contributed by atoms with van der Waals surface area (Å²) in [5, 5.41) is 2.74. The van der Waals surface area contributed by atoms with Crippen LogP contribution >= 0.6 is 0 Å². The zero-order valence-electron chi connectivity index (χ0n) is 11.1. The van der Waals surface area contributed by atoms with Gasteiger partial charge in [-0.3, -0.25) is 9.59 Å². The fourth-order valence-electron chi connectivity index (χ4n) is 1.83. The molecule has 2 rings (SSSR count). The van der Waals surface area contributed by atoms with Crippen LogP contribution in [-0.2, 0) is 6.54 Å². The first-order chi connectivity index (χ1) is 9.00. The quantitative estimate of drug-likeness (QED) is 0.767. The van der Waals surface area contributed by atoms with Crippen LogP contribution in [-0.4, -0.2) is 20.9 Å². The van der Waals surface area contributed by atoms with Gasteiger partial charge in [0.15, 0.2) is 5.43 Å². The minimum atomic E-state index is -0.264. The number of amides is 1. The molecule has 19 heavy (non-hydrogen) atoms. The molecule has 2 heterocycles. The molecular formula is C13H16N4O2. The number of hydrogen-bond acceptors (Lipinski definition) is 3. The van der Waals surface area contributed by atoms with Crippen molar-refractivity contribution in [3.05, 3.63) is 51.0 Å². The molecule has 0 saturated carbocycles. The normalized spacial score (nSPS) is 10.5. The highest BCUT2D eigenvalue weighted by molar-refractivity contribution is 5.93. The van der Waals surface area contributed by atoms with Gasteiger partial charge in [0.05, 0.1) is 12.9 Å². The first-order valence-electron chi connectivity index (χ1n) is 5.96. The zero-order chi connectivity index (χ0) is 14.0. The van der Waals surface area contributed by atoms with Crippen molar-refractivity contribution in [1.29, 1.82) is 0 Å². The van der Waals surface area contributed by atoms with Gasteiger partial charge in [-0.2, -0.15) is 0 Å². The predicted molar refractivity (Wildman–Crippen MR) is 71.0 cm³/mol. The Morgan fingerprint density at radius 2 is 2.05 bits per heavy atom. The number of carbonyl (C=O) groups excluding carboxylic acids is 1. The van der Waals surface area contributed by atoms with Crippen molar-refractivity contribution in [2.45, 2.75) is 27.3 Å². The van der Waals surface area contributed by atoms with Gasteiger partial charge in [0.25, 0.3) is 5.91 Å². The molecule has 0 aliphatic rings. The maximum Gasteiger partial charge on any atom is 0.272 e. The van der Waals surface area contributed by atoms with E-state index in [2.05, 4.69) is 20.3 Å². The molecule has 0 saturated heterocycles. The third kappa shape index (κ3) is 2.57. The minimum absolute atomic E-state index is 0.000973. The molecule has 3 N–H and O–H groups in total. The first-order valence-corrected chi connectivity index (χ1v) is 5.96. The second kappa shape index (κ2) is 5.09. The molecule has 100 valence electrons. The highest BCUT2D eigenvalue weighted by atomic mass is 16.2. The minimum Gasteiger partial charge on any atom is -0.363 e. The number of nitrogens with zero attached hydrogens (tertiary/aromatic N) is 1. The van der Waals surface area contributed by atoms with Crippen molar-refractivity contribution in [1.82, 2.24) is 20.3 Å². The number of carbonyl (C=O) groups is 1. The van der Waals surface area contributed by atoms with Crippen LogP contribution < -0.4 is 10.7 Å². The molecule has 2 aromatic heterocycles. The van der Waals surface area contributed by atoms with Crippen LogP contribution in [0.1, 0.15) is 33.0 Å². The average Bonchev–Trinajstić information content (AvgIpc) is 2.81. The standard InChI is InChI=1S/C13H16N4O2/c1-7-4-14-10(8(2)12(7)18)5-15-13(19)11-9(3)16-6-17-11/h4,6H,5H2,1-3H3,(H,14,18)(H,15,19)(H,16,17). The number of imidazole rings is 1. The first kappa shape index (κ1) is 13.1. The van der Waals surface area contributed by atoms with Gasteiger partial charge in [-0.25, -0.2) is 4.98 Å². The summed E-state index contributed by atoms with van der Waals surface area (Å²) < 4.78 is 0. The van der Waals surface area contributed by atoms with Crippen molar-refractivity contribution in [2.24, 2.45) is 0 Å². The van der Waals surface area contributed by atoms with Crippen molar-refractivity contribution in [2.75, 3.05) is 0 Å². The molecule has 0 aliphatic carbocycles. The van der Waals surface area contributed by atoms with E-state index in [1.54, 1.807) is 27.0 Å². The smallest absolute Gasteiger partial charge is 0.272 e. The third-order valence-electron chi connectivity index (χ3n) is 3.09. The largest absolute Gasteiger partial charge is 0.363 e. The number of pyridine rings is 1. The zero-order valence-corrected chi connectivity index (χ0v) is 11.1. The van der Waals surface area contributed by atoms with Crippen molar-refractivity contribution >= 4 is 5.91 Å². The fourth-order valence-corrected chi connectivity index (χ4v) is 1.83. The molecule has 0 aromatic carbocycles. The lowest BCUT2D eigenvalue weighted by Crippen LogP contribution is -2.26. The van der Waals surface area contributed by atoms with Crippen LogP contribution in [0.2, 0.25) is 0 Å². The van der Waals surface area contributed by atoms with Crippen molar-refractivity contribution in [3.8, 4) is 0 Å². The Morgan fingerprint density at radius 3 is 2.68 bits per heavy atom. The third-order valence-corrected chi connectivity index (χ3v) is 3.09. The molecule has 0 atom stereocenters. The highest BCUT2D eigenvalue weighted by Gasteiger charge is 2.12. The Balaban J connectivity index is 2.12. The number of aryl methyl sites for hydroxylation is 2. The number of hydrogen-bond donors (Lipinski definition) is 3. The fraction of sp³-hybridized carbons (Fsp3) is 0.308. The molecule has 0 unspecified atom stereocenters. The number of H-pyrrole nitrogens is 2. The van der Waals surface area contributed by atoms with E-state index < -0.39 is 0 Å². The van der Waals surface area contributed by atoms with E-state index in [9.17, 15) is 9.59 Å². The van der Waals surface area contributed by atoms with Crippen LogP contribution in [0.15, 0.2) is 17.3 Å². The monoisotopic (exact) mass is 260 g/mol. The molecular weight excluding hydrogens is 244 g/mol. The van der Waals surface area contributed by atoms with Gasteiger partial charge in [0, 0.05) is 28.7 Å². The molecule has 1 amide bonds. The lowest BCUT2D eigenvalue weighted by atomic mass is 10.1. The maximum atomic E-state index is 11.9. The number of nitrogens with one attached hydrogen (secondary N) is 3. The summed E-state index contributed by atoms with van der Waals surface area (Å²) in [4.78, 5) is 33.5. The van der Waals surface area contributed by atoms with Crippen molar-refractivity contribution < 1.29 is 4.79 Å². The van der Waals surface area contributed by atoms with Gasteiger partial charge in [0.2, 0.25) is 0 Å². The Labute approximate surface area is 110 Å². The molecule has 0 radical (unpaired) electrons. The lowest BCUT2D eigenvalue weighted by molar-refractivity contribution is 0.0945. The van der Waals surface area contributed by atoms with Gasteiger partial charge in [-0.1, -0.05) is 0 Å². The van der Waals surface area contributed by atoms with Gasteiger partial charge in [-0.05, 0) is 20.8 Å². The number of aromatic amines is 2. The van der Waals surface area contributed by atoms with E-state index in [-0.39, 0.29) is 17.9 Å².